The lowest BCUT2D eigenvalue weighted by Crippen LogP contribution is -1.97. The predicted molar refractivity (Wildman–Crippen MR) is 69.3 cm³/mol. The minimum atomic E-state index is 0.765. The number of benzene rings is 2. The van der Waals surface area contributed by atoms with Crippen molar-refractivity contribution in [1.29, 1.82) is 0 Å². The highest BCUT2D eigenvalue weighted by molar-refractivity contribution is 5.95. The minimum Gasteiger partial charge on any atom is -0.494 e. The molecule has 0 amide bonds. The zero-order chi connectivity index (χ0) is 11.4. The second-order valence-corrected chi connectivity index (χ2v) is 3.79. The van der Waals surface area contributed by atoms with E-state index >= 15 is 0 Å². The molecule has 0 bridgehead atoms. The van der Waals surface area contributed by atoms with Crippen LogP contribution in [0.5, 0.6) is 5.75 Å². The normalized spacial score (nSPS) is 10.4. The molecule has 0 heterocycles. The van der Waals surface area contributed by atoms with Crippen LogP contribution in [0.25, 0.3) is 10.8 Å². The first-order valence-corrected chi connectivity index (χ1v) is 5.68. The second-order valence-electron chi connectivity index (χ2n) is 3.79. The van der Waals surface area contributed by atoms with Gasteiger partial charge in [-0.2, -0.15) is 0 Å². The maximum Gasteiger partial charge on any atom is 0.121 e. The Hall–Kier alpha value is -1.70. The molecular formula is C14H17NO. The molecule has 0 saturated heterocycles. The van der Waals surface area contributed by atoms with Crippen LogP contribution in [0.1, 0.15) is 13.3 Å². The Morgan fingerprint density at radius 1 is 1.19 bits per heavy atom. The predicted octanol–water partition coefficient (Wildman–Crippen LogP) is 3.67. The molecule has 2 nitrogen and oxygen atoms in total. The number of fused-ring (bicyclic) bond motifs is 1. The van der Waals surface area contributed by atoms with Gasteiger partial charge in [0.05, 0.1) is 6.61 Å². The van der Waals surface area contributed by atoms with Crippen LogP contribution in [0.3, 0.4) is 0 Å². The van der Waals surface area contributed by atoms with Gasteiger partial charge in [-0.1, -0.05) is 31.2 Å². The zero-order valence-corrected chi connectivity index (χ0v) is 9.79. The molecule has 0 saturated carbocycles. The Labute approximate surface area is 96.2 Å². The van der Waals surface area contributed by atoms with Gasteiger partial charge in [0, 0.05) is 24.2 Å². The Balaban J connectivity index is 2.46. The summed E-state index contributed by atoms with van der Waals surface area (Å²) in [5.74, 6) is 0.935. The van der Waals surface area contributed by atoms with Crippen LogP contribution in [-0.2, 0) is 0 Å². The lowest BCUT2D eigenvalue weighted by atomic mass is 10.1. The topological polar surface area (TPSA) is 21.3 Å². The molecule has 2 aromatic carbocycles. The number of hydrogen-bond acceptors (Lipinski definition) is 2. The number of rotatable bonds is 4. The summed E-state index contributed by atoms with van der Waals surface area (Å²) in [4.78, 5) is 0. The van der Waals surface area contributed by atoms with Crippen LogP contribution < -0.4 is 10.1 Å². The molecule has 0 aliphatic carbocycles. The van der Waals surface area contributed by atoms with Crippen LogP contribution in [0, 0.1) is 0 Å². The average Bonchev–Trinajstić information content (AvgIpc) is 2.35. The van der Waals surface area contributed by atoms with E-state index in [2.05, 4.69) is 42.6 Å². The monoisotopic (exact) mass is 215 g/mol. The van der Waals surface area contributed by atoms with Crippen molar-refractivity contribution in [2.24, 2.45) is 0 Å². The van der Waals surface area contributed by atoms with Crippen molar-refractivity contribution >= 4 is 16.5 Å². The van der Waals surface area contributed by atoms with E-state index in [1.807, 2.05) is 13.1 Å². The smallest absolute Gasteiger partial charge is 0.121 e. The van der Waals surface area contributed by atoms with Crippen LogP contribution in [0.2, 0.25) is 0 Å². The first-order valence-electron chi connectivity index (χ1n) is 5.68. The molecule has 16 heavy (non-hydrogen) atoms. The standard InChI is InChI=1S/C14H17NO/c1-3-8-16-12-9-11-6-4-5-7-13(11)14(10-12)15-2/h4-7,9-10,15H,3,8H2,1-2H3. The SMILES string of the molecule is CCCOc1cc(NC)c2ccccc2c1. The van der Waals surface area contributed by atoms with Crippen LogP contribution >= 0.6 is 0 Å². The Kier molecular flexibility index (Phi) is 3.30. The maximum atomic E-state index is 5.67. The van der Waals surface area contributed by atoms with E-state index in [1.54, 1.807) is 0 Å². The van der Waals surface area contributed by atoms with E-state index in [-0.39, 0.29) is 0 Å². The van der Waals surface area contributed by atoms with Crippen LogP contribution in [0.15, 0.2) is 36.4 Å². The zero-order valence-electron chi connectivity index (χ0n) is 9.79. The molecule has 0 aromatic heterocycles. The lowest BCUT2D eigenvalue weighted by Gasteiger charge is -2.10. The molecular weight excluding hydrogens is 198 g/mol. The summed E-state index contributed by atoms with van der Waals surface area (Å²) in [6.07, 6.45) is 1.03. The molecule has 2 heteroatoms. The summed E-state index contributed by atoms with van der Waals surface area (Å²) in [6, 6.07) is 12.5. The van der Waals surface area contributed by atoms with Crippen molar-refractivity contribution in [2.75, 3.05) is 19.0 Å². The molecule has 2 aromatic rings. The van der Waals surface area contributed by atoms with E-state index in [4.69, 9.17) is 4.74 Å². The number of ether oxygens (including phenoxy) is 1. The fourth-order valence-corrected chi connectivity index (χ4v) is 1.79. The lowest BCUT2D eigenvalue weighted by molar-refractivity contribution is 0.318. The fourth-order valence-electron chi connectivity index (χ4n) is 1.79. The Bertz CT molecular complexity index is 479. The van der Waals surface area contributed by atoms with Crippen LogP contribution in [-0.4, -0.2) is 13.7 Å². The summed E-state index contributed by atoms with van der Waals surface area (Å²) in [5, 5.41) is 5.65. The quantitative estimate of drug-likeness (QED) is 0.840. The summed E-state index contributed by atoms with van der Waals surface area (Å²) in [7, 11) is 1.94. The van der Waals surface area contributed by atoms with Crippen LogP contribution in [0.4, 0.5) is 5.69 Å². The van der Waals surface area contributed by atoms with Gasteiger partial charge in [-0.05, 0) is 17.9 Å². The highest BCUT2D eigenvalue weighted by atomic mass is 16.5. The van der Waals surface area contributed by atoms with E-state index in [0.717, 1.165) is 24.5 Å². The van der Waals surface area contributed by atoms with Crippen molar-refractivity contribution in [1.82, 2.24) is 0 Å². The molecule has 0 radical (unpaired) electrons. The van der Waals surface area contributed by atoms with Gasteiger partial charge in [-0.3, -0.25) is 0 Å². The first kappa shape index (κ1) is 10.8. The van der Waals surface area contributed by atoms with E-state index < -0.39 is 0 Å². The third kappa shape index (κ3) is 2.11. The average molecular weight is 215 g/mol. The molecule has 0 fully saturated rings. The van der Waals surface area contributed by atoms with Crippen molar-refractivity contribution in [3.63, 3.8) is 0 Å². The van der Waals surface area contributed by atoms with Gasteiger partial charge in [-0.15, -0.1) is 0 Å². The van der Waals surface area contributed by atoms with E-state index in [9.17, 15) is 0 Å². The summed E-state index contributed by atoms with van der Waals surface area (Å²) in [6.45, 7) is 2.88. The third-order valence-corrected chi connectivity index (χ3v) is 2.58. The largest absolute Gasteiger partial charge is 0.494 e. The molecule has 0 aliphatic rings. The molecule has 84 valence electrons. The first-order chi connectivity index (χ1) is 7.85. The van der Waals surface area contributed by atoms with Gasteiger partial charge in [0.15, 0.2) is 0 Å². The Morgan fingerprint density at radius 3 is 2.75 bits per heavy atom. The van der Waals surface area contributed by atoms with Gasteiger partial charge < -0.3 is 10.1 Å². The third-order valence-electron chi connectivity index (χ3n) is 2.58. The molecule has 2 rings (SSSR count). The van der Waals surface area contributed by atoms with Crippen molar-refractivity contribution in [3.05, 3.63) is 36.4 Å². The van der Waals surface area contributed by atoms with Gasteiger partial charge in [-0.25, -0.2) is 0 Å². The highest BCUT2D eigenvalue weighted by Gasteiger charge is 2.02. The minimum absolute atomic E-state index is 0.765. The van der Waals surface area contributed by atoms with E-state index in [0.29, 0.717) is 0 Å². The molecule has 0 atom stereocenters. The number of anilines is 1. The Morgan fingerprint density at radius 2 is 2.00 bits per heavy atom. The number of nitrogens with one attached hydrogen (secondary N) is 1. The van der Waals surface area contributed by atoms with Crippen molar-refractivity contribution in [2.45, 2.75) is 13.3 Å². The van der Waals surface area contributed by atoms with Gasteiger partial charge in [0.2, 0.25) is 0 Å². The summed E-state index contributed by atoms with van der Waals surface area (Å²) >= 11 is 0. The van der Waals surface area contributed by atoms with Crippen molar-refractivity contribution < 1.29 is 4.74 Å². The van der Waals surface area contributed by atoms with E-state index in [1.165, 1.54) is 10.8 Å². The van der Waals surface area contributed by atoms with Gasteiger partial charge in [0.25, 0.3) is 0 Å². The molecule has 1 N–H and O–H groups in total. The molecule has 0 unspecified atom stereocenters. The molecule has 0 aliphatic heterocycles. The highest BCUT2D eigenvalue weighted by Crippen LogP contribution is 2.28. The van der Waals surface area contributed by atoms with Gasteiger partial charge in [0.1, 0.15) is 5.75 Å². The molecule has 0 spiro atoms. The van der Waals surface area contributed by atoms with Gasteiger partial charge >= 0.3 is 0 Å². The number of hydrogen-bond donors (Lipinski definition) is 1. The maximum absolute atomic E-state index is 5.67. The second kappa shape index (κ2) is 4.88. The van der Waals surface area contributed by atoms with Crippen molar-refractivity contribution in [3.8, 4) is 5.75 Å². The summed E-state index contributed by atoms with van der Waals surface area (Å²) < 4.78 is 5.67. The fraction of sp³-hybridized carbons (Fsp3) is 0.286. The summed E-state index contributed by atoms with van der Waals surface area (Å²) in [5.41, 5.74) is 1.12.